The van der Waals surface area contributed by atoms with Crippen LogP contribution in [0.15, 0.2) is 41.0 Å². The van der Waals surface area contributed by atoms with E-state index in [4.69, 9.17) is 4.74 Å². The summed E-state index contributed by atoms with van der Waals surface area (Å²) < 4.78 is 36.5. The third-order valence-corrected chi connectivity index (χ3v) is 6.03. The largest absolute Gasteiger partial charge is 0.488 e. The first kappa shape index (κ1) is 22.4. The number of hydrogen-bond donors (Lipinski definition) is 2. The van der Waals surface area contributed by atoms with Crippen LogP contribution in [0.25, 0.3) is 10.9 Å². The summed E-state index contributed by atoms with van der Waals surface area (Å²) in [7, 11) is -2.30. The number of anilines is 2. The van der Waals surface area contributed by atoms with Crippen molar-refractivity contribution in [2.45, 2.75) is 44.8 Å². The summed E-state index contributed by atoms with van der Waals surface area (Å²) in [6.07, 6.45) is 7.03. The first-order valence-corrected chi connectivity index (χ1v) is 12.8. The molecule has 0 amide bonds. The van der Waals surface area contributed by atoms with Crippen molar-refractivity contribution in [3.8, 4) is 5.75 Å². The van der Waals surface area contributed by atoms with E-state index in [-0.39, 0.29) is 18.0 Å². The molecule has 1 aromatic heterocycles. The second-order valence-electron chi connectivity index (χ2n) is 8.47. The topological polar surface area (TPSA) is 96.7 Å². The minimum absolute atomic E-state index is 0.0771. The number of nitrogens with one attached hydrogen (secondary N) is 1. The predicted molar refractivity (Wildman–Crippen MR) is 125 cm³/mol. The number of rotatable bonds is 5. The molecule has 0 spiro atoms. The lowest BCUT2D eigenvalue weighted by molar-refractivity contribution is 0.0668. The smallest absolute Gasteiger partial charge is 0.146 e. The number of aliphatic hydroxyl groups excluding tert-OH is 1. The number of ether oxygens (including phenoxy) is 1. The van der Waals surface area contributed by atoms with Gasteiger partial charge in [0, 0.05) is 33.7 Å². The maximum atomic E-state index is 14.0. The van der Waals surface area contributed by atoms with Crippen LogP contribution in [0.5, 0.6) is 5.75 Å². The molecule has 2 aromatic carbocycles. The van der Waals surface area contributed by atoms with Crippen LogP contribution in [-0.4, -0.2) is 44.0 Å². The molecule has 0 atom stereocenters. The van der Waals surface area contributed by atoms with Crippen LogP contribution in [0, 0.1) is 12.7 Å². The number of aryl methyl sites for hydroxylation is 1. The van der Waals surface area contributed by atoms with Crippen LogP contribution in [0.4, 0.5) is 21.6 Å². The van der Waals surface area contributed by atoms with Crippen LogP contribution in [-0.2, 0) is 9.73 Å². The van der Waals surface area contributed by atoms with Crippen molar-refractivity contribution in [2.75, 3.05) is 17.8 Å². The fourth-order valence-corrected chi connectivity index (χ4v) is 4.55. The van der Waals surface area contributed by atoms with Gasteiger partial charge >= 0.3 is 0 Å². The van der Waals surface area contributed by atoms with Gasteiger partial charge in [0.05, 0.1) is 29.1 Å². The van der Waals surface area contributed by atoms with E-state index in [0.29, 0.717) is 41.3 Å². The van der Waals surface area contributed by atoms with Crippen LogP contribution in [0.2, 0.25) is 0 Å². The van der Waals surface area contributed by atoms with Crippen molar-refractivity contribution in [3.63, 3.8) is 0 Å². The van der Waals surface area contributed by atoms with E-state index in [0.717, 1.165) is 23.8 Å². The molecule has 32 heavy (non-hydrogen) atoms. The number of halogens is 1. The highest BCUT2D eigenvalue weighted by atomic mass is 32.2. The fourth-order valence-electron chi connectivity index (χ4n) is 3.94. The van der Waals surface area contributed by atoms with Gasteiger partial charge in [-0.3, -0.25) is 0 Å². The maximum Gasteiger partial charge on any atom is 0.146 e. The number of benzene rings is 2. The molecular formula is C23H27FN4O3S. The lowest BCUT2D eigenvalue weighted by atomic mass is 9.95. The number of nitrogens with zero attached hydrogens (tertiary/aromatic N) is 3. The highest BCUT2D eigenvalue weighted by molar-refractivity contribution is 7.92. The van der Waals surface area contributed by atoms with E-state index in [1.54, 1.807) is 24.6 Å². The highest BCUT2D eigenvalue weighted by Crippen LogP contribution is 2.35. The van der Waals surface area contributed by atoms with E-state index in [1.165, 1.54) is 18.5 Å². The predicted octanol–water partition coefficient (Wildman–Crippen LogP) is 4.86. The Hall–Kier alpha value is -2.78. The van der Waals surface area contributed by atoms with E-state index in [2.05, 4.69) is 19.6 Å². The van der Waals surface area contributed by atoms with Crippen molar-refractivity contribution >= 4 is 37.8 Å². The second-order valence-corrected chi connectivity index (χ2v) is 11.0. The quantitative estimate of drug-likeness (QED) is 0.567. The molecule has 1 aliphatic rings. The molecule has 7 nitrogen and oxygen atoms in total. The van der Waals surface area contributed by atoms with Gasteiger partial charge < -0.3 is 15.2 Å². The van der Waals surface area contributed by atoms with Gasteiger partial charge in [-0.25, -0.2) is 18.6 Å². The van der Waals surface area contributed by atoms with Crippen molar-refractivity contribution in [1.82, 2.24) is 9.97 Å². The summed E-state index contributed by atoms with van der Waals surface area (Å²) >= 11 is 0. The summed E-state index contributed by atoms with van der Waals surface area (Å²) in [6.45, 7) is 1.92. The lowest BCUT2D eigenvalue weighted by Gasteiger charge is -2.27. The number of fused-ring (bicyclic) bond motifs is 1. The van der Waals surface area contributed by atoms with Gasteiger partial charge in [0.1, 0.15) is 23.7 Å². The van der Waals surface area contributed by atoms with Crippen LogP contribution in [0.3, 0.4) is 0 Å². The molecule has 3 aromatic rings. The third-order valence-electron chi connectivity index (χ3n) is 5.38. The molecule has 4 rings (SSSR count). The van der Waals surface area contributed by atoms with Gasteiger partial charge in [-0.2, -0.15) is 4.36 Å². The van der Waals surface area contributed by atoms with E-state index in [9.17, 15) is 13.7 Å². The summed E-state index contributed by atoms with van der Waals surface area (Å²) in [5, 5.41) is 13.8. The Balaban J connectivity index is 1.68. The van der Waals surface area contributed by atoms with Gasteiger partial charge in [0.2, 0.25) is 0 Å². The van der Waals surface area contributed by atoms with E-state index < -0.39 is 9.73 Å². The first-order valence-electron chi connectivity index (χ1n) is 10.5. The van der Waals surface area contributed by atoms with E-state index in [1.807, 2.05) is 13.0 Å². The molecule has 1 saturated carbocycles. The fraction of sp³-hybridized carbons (Fsp3) is 0.391. The normalized spacial score (nSPS) is 19.0. The zero-order valence-corrected chi connectivity index (χ0v) is 19.2. The van der Waals surface area contributed by atoms with Gasteiger partial charge in [-0.1, -0.05) is 0 Å². The molecule has 0 unspecified atom stereocenters. The molecule has 0 radical (unpaired) electrons. The Bertz CT molecular complexity index is 1260. The molecule has 1 fully saturated rings. The summed E-state index contributed by atoms with van der Waals surface area (Å²) in [5.74, 6) is 0.571. The zero-order valence-electron chi connectivity index (χ0n) is 18.3. The average Bonchev–Trinajstić information content (AvgIpc) is 2.70. The average molecular weight is 459 g/mol. The molecule has 1 aliphatic carbocycles. The summed E-state index contributed by atoms with van der Waals surface area (Å²) in [4.78, 5) is 8.75. The van der Waals surface area contributed by atoms with Crippen LogP contribution >= 0.6 is 0 Å². The van der Waals surface area contributed by atoms with Gasteiger partial charge in [-0.15, -0.1) is 0 Å². The zero-order chi connectivity index (χ0) is 22.9. The second kappa shape index (κ2) is 8.99. The molecule has 0 saturated heterocycles. The SMILES string of the molecule is Cc1cc(N=S(C)(C)=O)cc2ncnc(Nc3ccc(F)cc3O[C@H]3CC[C@H](O)CC3)c12. The molecule has 1 heterocycles. The molecule has 2 N–H and O–H groups in total. The monoisotopic (exact) mass is 458 g/mol. The van der Waals surface area contributed by atoms with Crippen LogP contribution in [0.1, 0.15) is 31.2 Å². The summed E-state index contributed by atoms with van der Waals surface area (Å²) in [5.41, 5.74) is 2.73. The van der Waals surface area contributed by atoms with Crippen molar-refractivity contribution in [1.29, 1.82) is 0 Å². The molecule has 0 aliphatic heterocycles. The molecule has 0 bridgehead atoms. The first-order chi connectivity index (χ1) is 15.2. The maximum absolute atomic E-state index is 14.0. The standard InChI is InChI=1S/C23H27FN4O3S/c1-14-10-16(28-32(2,3)30)12-20-22(14)23(26-13-25-20)27-19-9-4-15(24)11-21(19)31-18-7-5-17(29)6-8-18/h4,9-13,17-18,29H,5-8H2,1-3H3,(H,25,26,27)/t17-,18-. The van der Waals surface area contributed by atoms with Crippen LogP contribution < -0.4 is 10.1 Å². The lowest BCUT2D eigenvalue weighted by Crippen LogP contribution is -2.26. The van der Waals surface area contributed by atoms with Crippen molar-refractivity contribution in [3.05, 3.63) is 48.0 Å². The Kier molecular flexibility index (Phi) is 6.30. The van der Waals surface area contributed by atoms with Gasteiger partial charge in [-0.05, 0) is 62.4 Å². The Morgan fingerprint density at radius 2 is 1.91 bits per heavy atom. The third kappa shape index (κ3) is 5.34. The molecule has 9 heteroatoms. The Morgan fingerprint density at radius 3 is 2.62 bits per heavy atom. The highest BCUT2D eigenvalue weighted by Gasteiger charge is 2.22. The number of aromatic nitrogens is 2. The van der Waals surface area contributed by atoms with Gasteiger partial charge in [0.25, 0.3) is 0 Å². The minimum Gasteiger partial charge on any atom is -0.488 e. The Labute approximate surface area is 187 Å². The number of aliphatic hydroxyl groups is 1. The summed E-state index contributed by atoms with van der Waals surface area (Å²) in [6, 6.07) is 7.97. The van der Waals surface area contributed by atoms with E-state index >= 15 is 0 Å². The Morgan fingerprint density at radius 1 is 1.16 bits per heavy atom. The van der Waals surface area contributed by atoms with Gasteiger partial charge in [0.15, 0.2) is 0 Å². The molecule has 170 valence electrons. The number of hydrogen-bond acceptors (Lipinski definition) is 7. The van der Waals surface area contributed by atoms with Crippen molar-refractivity contribution in [2.24, 2.45) is 4.36 Å². The minimum atomic E-state index is -2.30. The molecular weight excluding hydrogens is 431 g/mol. The van der Waals surface area contributed by atoms with Crippen molar-refractivity contribution < 1.29 is 18.4 Å².